The number of likely N-dealkylation sites (tertiary alicyclic amines) is 2. The summed E-state index contributed by atoms with van der Waals surface area (Å²) in [6.07, 6.45) is 0.162. The van der Waals surface area contributed by atoms with Crippen LogP contribution in [0.5, 0.6) is 0 Å². The quantitative estimate of drug-likeness (QED) is 0.105. The first-order chi connectivity index (χ1) is 28.5. The number of aromatic amines is 1. The largest absolute Gasteiger partial charge is 0.465 e. The highest BCUT2D eigenvalue weighted by atomic mass is 16.5. The Balaban J connectivity index is 0.997. The Morgan fingerprint density at radius 2 is 1.29 bits per heavy atom. The highest BCUT2D eigenvalue weighted by Gasteiger charge is 2.41. The number of anilines is 2. The van der Waals surface area contributed by atoms with Crippen LogP contribution in [0.15, 0.2) is 109 Å². The van der Waals surface area contributed by atoms with Crippen molar-refractivity contribution >= 4 is 58.1 Å². The van der Waals surface area contributed by atoms with Gasteiger partial charge in [-0.05, 0) is 78.8 Å². The smallest absolute Gasteiger partial charge is 0.407 e. The van der Waals surface area contributed by atoms with E-state index in [4.69, 9.17) is 4.74 Å². The van der Waals surface area contributed by atoms with E-state index in [0.29, 0.717) is 61.3 Å². The first-order valence-corrected chi connectivity index (χ1v) is 19.4. The summed E-state index contributed by atoms with van der Waals surface area (Å²) >= 11 is 0. The molecule has 2 fully saturated rings. The molecule has 0 saturated carbocycles. The highest BCUT2D eigenvalue weighted by Crippen LogP contribution is 2.31. The Labute approximate surface area is 340 Å². The highest BCUT2D eigenvalue weighted by molar-refractivity contribution is 6.01. The molecule has 2 aliphatic heterocycles. The van der Waals surface area contributed by atoms with E-state index in [1.165, 1.54) is 24.0 Å². The molecule has 2 aliphatic rings. The minimum atomic E-state index is -1.25. The van der Waals surface area contributed by atoms with E-state index in [9.17, 15) is 33.9 Å². The summed E-state index contributed by atoms with van der Waals surface area (Å²) in [4.78, 5) is 86.1. The zero-order chi connectivity index (χ0) is 41.6. The fourth-order valence-corrected chi connectivity index (χ4v) is 7.87. The minimum Gasteiger partial charge on any atom is -0.465 e. The predicted molar refractivity (Wildman–Crippen MR) is 220 cm³/mol. The Hall–Kier alpha value is -7.16. The van der Waals surface area contributed by atoms with Gasteiger partial charge in [0.25, 0.3) is 11.8 Å². The molecular weight excluding hydrogens is 755 g/mol. The molecule has 4 atom stereocenters. The number of ether oxygens (including phenoxy) is 1. The Morgan fingerprint density at radius 1 is 0.729 bits per heavy atom. The number of nitrogens with one attached hydrogen (secondary N) is 4. The second-order valence-electron chi connectivity index (χ2n) is 14.6. The van der Waals surface area contributed by atoms with Crippen LogP contribution in [0.25, 0.3) is 22.2 Å². The topological polar surface area (TPSA) is 193 Å². The number of fused-ring (bicyclic) bond motifs is 1. The lowest BCUT2D eigenvalue weighted by atomic mass is 10.0. The molecule has 6 amide bonds. The SMILES string of the molecule is COC(=O)N[C@@H](C(=O)N1CCC[C@H]1C(=O)Nc1ccc2[nH]c(-c3ccc(NC(=O)[C@@H]4CCCN4C(=O)[C@@H](c4ccccc4)N(C)C(=O)O)cc3)cc2c1)c1ccccc1. The number of amides is 6. The maximum absolute atomic E-state index is 13.8. The minimum absolute atomic E-state index is 0.331. The number of aromatic nitrogens is 1. The van der Waals surface area contributed by atoms with E-state index in [1.807, 2.05) is 36.4 Å². The molecule has 3 heterocycles. The van der Waals surface area contributed by atoms with Gasteiger partial charge in [0, 0.05) is 48.1 Å². The Morgan fingerprint density at radius 3 is 1.88 bits per heavy atom. The number of likely N-dealkylation sites (N-methyl/N-ethyl adjacent to an activating group) is 1. The molecule has 304 valence electrons. The third-order valence-corrected chi connectivity index (χ3v) is 10.9. The first kappa shape index (κ1) is 40.1. The van der Waals surface area contributed by atoms with Gasteiger partial charge in [0.2, 0.25) is 11.8 Å². The fourth-order valence-electron chi connectivity index (χ4n) is 7.87. The number of carboxylic acid groups (broad SMARTS) is 1. The maximum atomic E-state index is 13.8. The number of nitrogens with zero attached hydrogens (tertiary/aromatic N) is 3. The average molecular weight is 800 g/mol. The molecule has 1 aromatic heterocycles. The van der Waals surface area contributed by atoms with Crippen LogP contribution in [-0.2, 0) is 23.9 Å². The molecule has 7 rings (SSSR count). The van der Waals surface area contributed by atoms with Crippen molar-refractivity contribution in [1.29, 1.82) is 0 Å². The third kappa shape index (κ3) is 8.73. The lowest BCUT2D eigenvalue weighted by molar-refractivity contribution is -0.140. The van der Waals surface area contributed by atoms with E-state index in [2.05, 4.69) is 20.9 Å². The van der Waals surface area contributed by atoms with Gasteiger partial charge in [-0.3, -0.25) is 24.1 Å². The van der Waals surface area contributed by atoms with Crippen LogP contribution in [0.1, 0.15) is 48.9 Å². The van der Waals surface area contributed by atoms with Crippen molar-refractivity contribution in [3.05, 3.63) is 120 Å². The Bertz CT molecular complexity index is 2350. The zero-order valence-electron chi connectivity index (χ0n) is 32.6. The van der Waals surface area contributed by atoms with Crippen molar-refractivity contribution in [3.63, 3.8) is 0 Å². The number of hydrogen-bond donors (Lipinski definition) is 5. The summed E-state index contributed by atoms with van der Waals surface area (Å²) in [6.45, 7) is 0.703. The van der Waals surface area contributed by atoms with Gasteiger partial charge in [0.15, 0.2) is 0 Å². The first-order valence-electron chi connectivity index (χ1n) is 19.4. The average Bonchev–Trinajstić information content (AvgIpc) is 4.04. The van der Waals surface area contributed by atoms with Crippen LogP contribution < -0.4 is 16.0 Å². The van der Waals surface area contributed by atoms with Crippen molar-refractivity contribution in [2.24, 2.45) is 0 Å². The second kappa shape index (κ2) is 17.5. The van der Waals surface area contributed by atoms with Crippen LogP contribution in [0.4, 0.5) is 21.0 Å². The normalized spacial score (nSPS) is 17.2. The third-order valence-electron chi connectivity index (χ3n) is 10.9. The van der Waals surface area contributed by atoms with Crippen LogP contribution >= 0.6 is 0 Å². The van der Waals surface area contributed by atoms with Gasteiger partial charge in [-0.2, -0.15) is 0 Å². The summed E-state index contributed by atoms with van der Waals surface area (Å²) in [6, 6.07) is 28.6. The van der Waals surface area contributed by atoms with Crippen molar-refractivity contribution in [1.82, 2.24) is 25.0 Å². The fraction of sp³-hybridized carbons (Fsp3) is 0.273. The van der Waals surface area contributed by atoms with E-state index in [1.54, 1.807) is 72.8 Å². The maximum Gasteiger partial charge on any atom is 0.407 e. The summed E-state index contributed by atoms with van der Waals surface area (Å²) in [5.74, 6) is -1.54. The second-order valence-corrected chi connectivity index (χ2v) is 14.6. The number of benzene rings is 4. The number of carbonyl (C=O) groups is 6. The standard InChI is InChI=1S/C44H45N7O8/c1-49(44(57)58)38(29-13-7-4-8-14-29)42(55)51-24-10-16-36(51)39(52)45-31-19-17-27(18-20-31)34-26-30-25-32(21-22-33(30)47-34)46-40(53)35-15-9-23-50(35)41(54)37(48-43(56)59-2)28-11-5-3-6-12-28/h3-8,11-14,17-22,25-26,35-38,47H,9-10,15-16,23-24H2,1-2H3,(H,45,52)(H,46,53)(H,48,56)(H,57,58)/t35-,36-,37+,38+/m0/s1. The van der Waals surface area contributed by atoms with Crippen LogP contribution in [0.2, 0.25) is 0 Å². The molecule has 0 radical (unpaired) electrons. The molecule has 4 aromatic carbocycles. The van der Waals surface area contributed by atoms with Crippen LogP contribution in [-0.4, -0.2) is 99.9 Å². The van der Waals surface area contributed by atoms with E-state index in [-0.39, 0.29) is 11.8 Å². The Kier molecular flexibility index (Phi) is 11.9. The van der Waals surface area contributed by atoms with Crippen molar-refractivity contribution < 1.29 is 38.6 Å². The van der Waals surface area contributed by atoms with Gasteiger partial charge in [0.1, 0.15) is 24.2 Å². The van der Waals surface area contributed by atoms with E-state index in [0.717, 1.165) is 27.1 Å². The molecule has 2 saturated heterocycles. The number of rotatable bonds is 11. The van der Waals surface area contributed by atoms with Gasteiger partial charge < -0.3 is 40.6 Å². The predicted octanol–water partition coefficient (Wildman–Crippen LogP) is 6.14. The number of H-pyrrole nitrogens is 1. The molecule has 15 nitrogen and oxygen atoms in total. The van der Waals surface area contributed by atoms with E-state index < -0.39 is 48.2 Å². The summed E-state index contributed by atoms with van der Waals surface area (Å²) in [5, 5.41) is 19.1. The summed E-state index contributed by atoms with van der Waals surface area (Å²) in [5.41, 5.74) is 4.68. The van der Waals surface area contributed by atoms with Gasteiger partial charge >= 0.3 is 12.2 Å². The van der Waals surface area contributed by atoms with Crippen molar-refractivity contribution in [2.45, 2.75) is 49.9 Å². The van der Waals surface area contributed by atoms with Gasteiger partial charge in [-0.15, -0.1) is 0 Å². The molecule has 15 heteroatoms. The molecular formula is C44H45N7O8. The molecule has 0 aliphatic carbocycles. The molecule has 59 heavy (non-hydrogen) atoms. The molecule has 5 N–H and O–H groups in total. The summed E-state index contributed by atoms with van der Waals surface area (Å²) in [7, 11) is 2.57. The lowest BCUT2D eigenvalue weighted by Crippen LogP contribution is -2.48. The lowest BCUT2D eigenvalue weighted by Gasteiger charge is -2.32. The number of methoxy groups -OCH3 is 1. The number of carbonyl (C=O) groups excluding carboxylic acids is 5. The number of alkyl carbamates (subject to hydrolysis) is 1. The zero-order valence-corrected chi connectivity index (χ0v) is 32.6. The summed E-state index contributed by atoms with van der Waals surface area (Å²) < 4.78 is 4.76. The molecule has 0 spiro atoms. The number of hydrogen-bond acceptors (Lipinski definition) is 7. The molecule has 0 unspecified atom stereocenters. The van der Waals surface area contributed by atoms with Gasteiger partial charge in [-0.25, -0.2) is 9.59 Å². The van der Waals surface area contributed by atoms with Crippen molar-refractivity contribution in [3.8, 4) is 11.3 Å². The van der Waals surface area contributed by atoms with E-state index >= 15 is 0 Å². The van der Waals surface area contributed by atoms with Crippen molar-refractivity contribution in [2.75, 3.05) is 37.9 Å². The van der Waals surface area contributed by atoms with Gasteiger partial charge in [-0.1, -0.05) is 72.8 Å². The van der Waals surface area contributed by atoms with Gasteiger partial charge in [0.05, 0.1) is 7.11 Å². The van der Waals surface area contributed by atoms with Crippen LogP contribution in [0, 0.1) is 0 Å². The molecule has 0 bridgehead atoms. The van der Waals surface area contributed by atoms with Crippen LogP contribution in [0.3, 0.4) is 0 Å². The monoisotopic (exact) mass is 799 g/mol. The molecule has 5 aromatic rings.